The molecule has 2 fully saturated rings. The molecule has 0 aromatic heterocycles. The topological polar surface area (TPSA) is 59.1 Å². The van der Waals surface area contributed by atoms with Gasteiger partial charge in [-0.1, -0.05) is 74.9 Å². The van der Waals surface area contributed by atoms with Crippen LogP contribution in [0.2, 0.25) is 0 Å². The number of benzene rings is 2. The number of amides is 1. The maximum Gasteiger partial charge on any atom is 0.222 e. The minimum atomic E-state index is -0.117. The van der Waals surface area contributed by atoms with Crippen LogP contribution in [0.3, 0.4) is 0 Å². The third-order valence-corrected chi connectivity index (χ3v) is 11.4. The maximum atomic E-state index is 13.6. The Morgan fingerprint density at radius 2 is 1.70 bits per heavy atom. The summed E-state index contributed by atoms with van der Waals surface area (Å²) in [5, 5.41) is 0. The number of rotatable bonds is 15. The molecule has 5 atom stereocenters. The van der Waals surface area contributed by atoms with Gasteiger partial charge < -0.3 is 14.4 Å². The average Bonchev–Trinajstić information content (AvgIpc) is 3.38. The van der Waals surface area contributed by atoms with Gasteiger partial charge in [-0.15, -0.1) is 0 Å². The fraction of sp³-hybridized carbons (Fsp3) is 0.632. The number of carbonyl (C=O) groups is 2. The summed E-state index contributed by atoms with van der Waals surface area (Å²) < 4.78 is 12.7. The van der Waals surface area contributed by atoms with Crippen LogP contribution in [-0.2, 0) is 27.8 Å². The van der Waals surface area contributed by atoms with Gasteiger partial charge in [0, 0.05) is 30.5 Å². The van der Waals surface area contributed by atoms with Gasteiger partial charge in [0.1, 0.15) is 11.9 Å². The van der Waals surface area contributed by atoms with Crippen LogP contribution in [0, 0.1) is 5.92 Å². The molecule has 6 nitrogen and oxygen atoms in total. The zero-order valence-corrected chi connectivity index (χ0v) is 27.2. The number of hydrogen-bond acceptors (Lipinski definition) is 5. The number of unbranched alkanes of at least 4 members (excludes halogenated alkanes) is 7. The zero-order chi connectivity index (χ0) is 30.7. The second-order valence-electron chi connectivity index (χ2n) is 14.0. The number of likely N-dealkylation sites (tertiary alicyclic amines) is 1. The number of nitrogens with zero attached hydrogens (tertiary/aromatic N) is 2. The van der Waals surface area contributed by atoms with Crippen LogP contribution in [0.5, 0.6) is 11.5 Å². The van der Waals surface area contributed by atoms with E-state index in [9.17, 15) is 9.59 Å². The molecule has 0 N–H and O–H groups in total. The molecule has 6 rings (SSSR count). The first kappa shape index (κ1) is 31.1. The summed E-state index contributed by atoms with van der Waals surface area (Å²) in [4.78, 5) is 30.2. The van der Waals surface area contributed by atoms with Gasteiger partial charge in [0.05, 0.1) is 19.7 Å². The van der Waals surface area contributed by atoms with Gasteiger partial charge in [0.25, 0.3) is 0 Å². The highest BCUT2D eigenvalue weighted by atomic mass is 16.5. The van der Waals surface area contributed by atoms with Crippen molar-refractivity contribution in [3.05, 3.63) is 59.2 Å². The molecule has 2 aromatic carbocycles. The fourth-order valence-corrected chi connectivity index (χ4v) is 9.30. The first-order valence-electron chi connectivity index (χ1n) is 17.3. The molecule has 2 aliphatic heterocycles. The number of piperidine rings is 1. The molecule has 6 heteroatoms. The van der Waals surface area contributed by atoms with Crippen LogP contribution in [0.1, 0.15) is 101 Å². The minimum absolute atomic E-state index is 0.0534. The van der Waals surface area contributed by atoms with E-state index < -0.39 is 0 Å². The monoisotopic (exact) mass is 600 g/mol. The van der Waals surface area contributed by atoms with Crippen LogP contribution in [0.4, 0.5) is 0 Å². The summed E-state index contributed by atoms with van der Waals surface area (Å²) in [6.07, 6.45) is 15.4. The van der Waals surface area contributed by atoms with E-state index in [1.54, 1.807) is 14.0 Å². The van der Waals surface area contributed by atoms with Crippen LogP contribution in [-0.4, -0.2) is 66.9 Å². The number of aryl methyl sites for hydroxylation is 1. The Kier molecular flexibility index (Phi) is 9.65. The van der Waals surface area contributed by atoms with Crippen molar-refractivity contribution in [3.63, 3.8) is 0 Å². The minimum Gasteiger partial charge on any atom is -0.493 e. The van der Waals surface area contributed by atoms with Crippen molar-refractivity contribution in [2.75, 3.05) is 27.2 Å². The lowest BCUT2D eigenvalue weighted by Crippen LogP contribution is -2.69. The molecule has 4 aliphatic rings. The Morgan fingerprint density at radius 1 is 0.977 bits per heavy atom. The van der Waals surface area contributed by atoms with E-state index in [-0.39, 0.29) is 29.3 Å². The highest BCUT2D eigenvalue weighted by molar-refractivity contribution is 5.78. The number of carbonyl (C=O) groups excluding carboxylic acids is 2. The molecule has 2 aliphatic carbocycles. The van der Waals surface area contributed by atoms with Crippen molar-refractivity contribution < 1.29 is 19.1 Å². The largest absolute Gasteiger partial charge is 0.493 e. The number of methoxy groups -OCH3 is 1. The molecule has 0 radical (unpaired) electrons. The van der Waals surface area contributed by atoms with Crippen LogP contribution < -0.4 is 9.47 Å². The number of Topliss-reactive ketones (excluding diaryl/α,β-unsaturated/α-hetero) is 1. The quantitative estimate of drug-likeness (QED) is 0.208. The lowest BCUT2D eigenvalue weighted by Gasteiger charge is -2.60. The van der Waals surface area contributed by atoms with Gasteiger partial charge in [-0.3, -0.25) is 14.5 Å². The molecule has 2 aromatic rings. The van der Waals surface area contributed by atoms with Crippen LogP contribution in [0.25, 0.3) is 0 Å². The summed E-state index contributed by atoms with van der Waals surface area (Å²) in [6.45, 7) is 3.13. The third-order valence-electron chi connectivity index (χ3n) is 11.4. The Balaban J connectivity index is 1.02. The SMILES string of the molecule is COc1ccc2c3c1O[C@H]1[C@H](N(C)C(=O)CCCCCCCCCCc4ccccc4)CC[C@H]4[C@@H](C2)N(CC(C)=O)CC[C@@]341. The highest BCUT2D eigenvalue weighted by Crippen LogP contribution is 2.64. The van der Waals surface area contributed by atoms with E-state index in [2.05, 4.69) is 41.3 Å². The van der Waals surface area contributed by atoms with Gasteiger partial charge in [-0.05, 0) is 81.5 Å². The van der Waals surface area contributed by atoms with E-state index >= 15 is 0 Å². The second kappa shape index (κ2) is 13.6. The molecular weight excluding hydrogens is 548 g/mol. The molecule has 0 unspecified atom stereocenters. The number of hydrogen-bond donors (Lipinski definition) is 0. The normalized spacial score (nSPS) is 26.5. The molecule has 2 bridgehead atoms. The average molecular weight is 601 g/mol. The molecule has 44 heavy (non-hydrogen) atoms. The van der Waals surface area contributed by atoms with Crippen molar-refractivity contribution >= 4 is 11.7 Å². The highest BCUT2D eigenvalue weighted by Gasteiger charge is 2.66. The van der Waals surface area contributed by atoms with E-state index in [4.69, 9.17) is 9.47 Å². The summed E-state index contributed by atoms with van der Waals surface area (Å²) in [5.41, 5.74) is 4.01. The molecule has 1 saturated heterocycles. The lowest BCUT2D eigenvalue weighted by atomic mass is 9.51. The van der Waals surface area contributed by atoms with Crippen molar-refractivity contribution in [1.29, 1.82) is 0 Å². The summed E-state index contributed by atoms with van der Waals surface area (Å²) in [7, 11) is 3.73. The number of ether oxygens (including phenoxy) is 2. The maximum absolute atomic E-state index is 13.6. The molecule has 1 spiro atoms. The van der Waals surface area contributed by atoms with Gasteiger partial charge in [-0.2, -0.15) is 0 Å². The molecule has 1 amide bonds. The molecular formula is C38H52N2O4. The van der Waals surface area contributed by atoms with E-state index in [0.29, 0.717) is 24.9 Å². The van der Waals surface area contributed by atoms with Crippen molar-refractivity contribution in [1.82, 2.24) is 9.80 Å². The molecule has 238 valence electrons. The van der Waals surface area contributed by atoms with E-state index in [1.165, 1.54) is 61.6 Å². The lowest BCUT2D eigenvalue weighted by molar-refractivity contribution is -0.141. The second-order valence-corrected chi connectivity index (χ2v) is 14.0. The first-order chi connectivity index (χ1) is 21.4. The first-order valence-corrected chi connectivity index (χ1v) is 17.3. The molecule has 1 saturated carbocycles. The number of ketones is 1. The molecule has 2 heterocycles. The fourth-order valence-electron chi connectivity index (χ4n) is 9.30. The van der Waals surface area contributed by atoms with Crippen molar-refractivity contribution in [2.45, 2.75) is 120 Å². The third kappa shape index (κ3) is 5.91. The van der Waals surface area contributed by atoms with Gasteiger partial charge in [-0.25, -0.2) is 0 Å². The smallest absolute Gasteiger partial charge is 0.222 e. The van der Waals surface area contributed by atoms with E-state index in [0.717, 1.165) is 56.6 Å². The van der Waals surface area contributed by atoms with Gasteiger partial charge in [0.2, 0.25) is 5.91 Å². The van der Waals surface area contributed by atoms with Crippen LogP contribution in [0.15, 0.2) is 42.5 Å². The summed E-state index contributed by atoms with van der Waals surface area (Å²) in [5.74, 6) is 2.63. The Hall–Kier alpha value is -2.86. The van der Waals surface area contributed by atoms with Crippen molar-refractivity contribution in [3.8, 4) is 11.5 Å². The van der Waals surface area contributed by atoms with Gasteiger partial charge >= 0.3 is 0 Å². The predicted octanol–water partition coefficient (Wildman–Crippen LogP) is 6.90. The van der Waals surface area contributed by atoms with E-state index in [1.807, 2.05) is 18.0 Å². The van der Waals surface area contributed by atoms with Crippen molar-refractivity contribution in [2.24, 2.45) is 5.92 Å². The Morgan fingerprint density at radius 3 is 2.43 bits per heavy atom. The van der Waals surface area contributed by atoms with Crippen LogP contribution >= 0.6 is 0 Å². The summed E-state index contributed by atoms with van der Waals surface area (Å²) in [6, 6.07) is 15.4. The summed E-state index contributed by atoms with van der Waals surface area (Å²) >= 11 is 0. The predicted molar refractivity (Wildman–Crippen MR) is 174 cm³/mol. The Bertz CT molecular complexity index is 1310. The standard InChI is InChI=1S/C38H52N2O4/c1-27(41)26-40-24-23-38-30-20-21-31(37(38)44-36-33(43-3)22-19-29(35(36)38)25-32(30)40)39(2)34(42)18-14-9-7-5-4-6-8-11-15-28-16-12-10-13-17-28/h10,12-13,16-17,19,22,30-32,37H,4-9,11,14-15,18,20-21,23-26H2,1-3H3/t30-,31+,32+,37-,38-/m0/s1. The Labute approximate surface area is 264 Å². The zero-order valence-electron chi connectivity index (χ0n) is 27.2. The van der Waals surface area contributed by atoms with Gasteiger partial charge in [0.15, 0.2) is 11.5 Å². The number of likely N-dealkylation sites (N-methyl/N-ethyl adjacent to an activating group) is 1.